The molecule has 1 atom stereocenters. The first kappa shape index (κ1) is 21.6. The van der Waals surface area contributed by atoms with Gasteiger partial charge in [-0.25, -0.2) is 12.8 Å². The Kier molecular flexibility index (Phi) is 7.17. The number of halogens is 1. The van der Waals surface area contributed by atoms with Crippen LogP contribution in [0.25, 0.3) is 11.0 Å². The van der Waals surface area contributed by atoms with Crippen molar-refractivity contribution >= 4 is 50.5 Å². The smallest absolute Gasteiger partial charge is 0.324 e. The van der Waals surface area contributed by atoms with Gasteiger partial charge in [-0.3, -0.25) is 4.79 Å². The number of sulfonamides is 1. The van der Waals surface area contributed by atoms with E-state index in [1.54, 1.807) is 18.2 Å². The zero-order valence-corrected chi connectivity index (χ0v) is 17.8. The number of fused-ring (bicyclic) bond motifs is 1. The molecule has 2 aromatic carbocycles. The number of ether oxygens (including phenoxy) is 1. The summed E-state index contributed by atoms with van der Waals surface area (Å²) in [6.07, 6.45) is 2.07. The molecule has 1 heterocycles. The Morgan fingerprint density at radius 3 is 2.79 bits per heavy atom. The van der Waals surface area contributed by atoms with E-state index >= 15 is 0 Å². The van der Waals surface area contributed by atoms with Gasteiger partial charge in [0.05, 0.1) is 11.7 Å². The predicted octanol–water partition coefficient (Wildman–Crippen LogP) is 2.97. The van der Waals surface area contributed by atoms with Crippen molar-refractivity contribution in [2.75, 3.05) is 12.0 Å². The van der Waals surface area contributed by atoms with E-state index in [0.717, 1.165) is 11.7 Å². The lowest BCUT2D eigenvalue weighted by molar-refractivity contribution is -0.147. The summed E-state index contributed by atoms with van der Waals surface area (Å²) in [6, 6.07) is 9.44. The molecular weight excluding hydrogens is 437 g/mol. The Labute approximate surface area is 176 Å². The highest BCUT2D eigenvalue weighted by Gasteiger charge is 2.28. The van der Waals surface area contributed by atoms with Crippen molar-refractivity contribution in [3.05, 3.63) is 53.8 Å². The monoisotopic (exact) mass is 455 g/mol. The molecule has 0 amide bonds. The molecule has 1 unspecified atom stereocenters. The van der Waals surface area contributed by atoms with Crippen molar-refractivity contribution in [2.24, 2.45) is 0 Å². The van der Waals surface area contributed by atoms with Crippen LogP contribution in [-0.4, -0.2) is 41.2 Å². The van der Waals surface area contributed by atoms with E-state index in [1.807, 2.05) is 6.26 Å². The molecule has 0 bridgehead atoms. The highest BCUT2D eigenvalue weighted by atomic mass is 32.2. The first-order valence-electron chi connectivity index (χ1n) is 8.55. The van der Waals surface area contributed by atoms with Crippen molar-refractivity contribution in [1.29, 1.82) is 0 Å². The van der Waals surface area contributed by atoms with E-state index in [-0.39, 0.29) is 29.0 Å². The molecule has 11 heteroatoms. The second kappa shape index (κ2) is 9.61. The normalized spacial score (nSPS) is 12.8. The molecule has 7 nitrogen and oxygen atoms in total. The third kappa shape index (κ3) is 5.30. The maximum absolute atomic E-state index is 13.7. The van der Waals surface area contributed by atoms with E-state index in [4.69, 9.17) is 4.74 Å². The molecule has 0 aliphatic heterocycles. The molecule has 0 fully saturated rings. The van der Waals surface area contributed by atoms with Gasteiger partial charge in [0.2, 0.25) is 10.0 Å². The standard InChI is InChI=1S/C18H18FN3O4S3/c1-27-10-9-15(18(23)26-11-12-5-2-3-6-13(12)19)22-29(24,25)16-8-4-7-14-17(16)21-28-20-14/h2-8,15,22H,9-11H2,1H3. The van der Waals surface area contributed by atoms with Crippen LogP contribution in [0.1, 0.15) is 12.0 Å². The number of carbonyl (C=O) groups is 1. The molecule has 154 valence electrons. The van der Waals surface area contributed by atoms with E-state index in [9.17, 15) is 17.6 Å². The Morgan fingerprint density at radius 2 is 2.03 bits per heavy atom. The minimum atomic E-state index is -4.05. The molecule has 1 aromatic heterocycles. The molecule has 3 aromatic rings. The predicted molar refractivity (Wildman–Crippen MR) is 111 cm³/mol. The van der Waals surface area contributed by atoms with Gasteiger partial charge < -0.3 is 4.74 Å². The number of aromatic nitrogens is 2. The fraction of sp³-hybridized carbons (Fsp3) is 0.278. The van der Waals surface area contributed by atoms with Crippen LogP contribution in [0.3, 0.4) is 0 Å². The Hall–Kier alpha value is -2.08. The zero-order chi connectivity index (χ0) is 20.9. The fourth-order valence-electron chi connectivity index (χ4n) is 2.57. The summed E-state index contributed by atoms with van der Waals surface area (Å²) in [5.41, 5.74) is 0.916. The van der Waals surface area contributed by atoms with Crippen LogP contribution in [0.2, 0.25) is 0 Å². The highest BCUT2D eigenvalue weighted by Crippen LogP contribution is 2.22. The van der Waals surface area contributed by atoms with Gasteiger partial charge in [0.15, 0.2) is 0 Å². The van der Waals surface area contributed by atoms with Crippen LogP contribution >= 0.6 is 23.5 Å². The van der Waals surface area contributed by atoms with Crippen LogP contribution in [0.15, 0.2) is 47.4 Å². The van der Waals surface area contributed by atoms with E-state index in [2.05, 4.69) is 13.5 Å². The average Bonchev–Trinajstić information content (AvgIpc) is 3.19. The number of hydrogen-bond donors (Lipinski definition) is 1. The number of rotatable bonds is 9. The topological polar surface area (TPSA) is 98.3 Å². The molecule has 0 aliphatic rings. The molecule has 1 N–H and O–H groups in total. The lowest BCUT2D eigenvalue weighted by Crippen LogP contribution is -2.42. The molecule has 0 saturated carbocycles. The van der Waals surface area contributed by atoms with Crippen molar-refractivity contribution in [3.8, 4) is 0 Å². The largest absolute Gasteiger partial charge is 0.460 e. The number of nitrogens with zero attached hydrogens (tertiary/aromatic N) is 2. The van der Waals surface area contributed by atoms with E-state index in [0.29, 0.717) is 11.3 Å². The van der Waals surface area contributed by atoms with Crippen molar-refractivity contribution < 1.29 is 22.3 Å². The van der Waals surface area contributed by atoms with Gasteiger partial charge in [0.25, 0.3) is 0 Å². The van der Waals surface area contributed by atoms with Crippen LogP contribution < -0.4 is 4.72 Å². The Bertz CT molecular complexity index is 1100. The summed E-state index contributed by atoms with van der Waals surface area (Å²) >= 11 is 2.37. The van der Waals surface area contributed by atoms with E-state index < -0.39 is 27.9 Å². The van der Waals surface area contributed by atoms with Gasteiger partial charge in [-0.2, -0.15) is 25.2 Å². The van der Waals surface area contributed by atoms with Crippen LogP contribution in [0.4, 0.5) is 4.39 Å². The van der Waals surface area contributed by atoms with Gasteiger partial charge in [-0.1, -0.05) is 24.3 Å². The summed E-state index contributed by atoms with van der Waals surface area (Å²) in [4.78, 5) is 12.5. The molecule has 0 spiro atoms. The molecule has 0 saturated heterocycles. The van der Waals surface area contributed by atoms with Gasteiger partial charge in [0.1, 0.15) is 34.4 Å². The van der Waals surface area contributed by atoms with Gasteiger partial charge in [-0.15, -0.1) is 0 Å². The number of esters is 1. The maximum atomic E-state index is 13.7. The molecule has 0 aliphatic carbocycles. The highest BCUT2D eigenvalue weighted by molar-refractivity contribution is 7.98. The molecule has 3 rings (SSSR count). The Morgan fingerprint density at radius 1 is 1.24 bits per heavy atom. The number of carbonyl (C=O) groups excluding carboxylic acids is 1. The third-order valence-corrected chi connectivity index (χ3v) is 6.75. The summed E-state index contributed by atoms with van der Waals surface area (Å²) in [6.45, 7) is -0.283. The lowest BCUT2D eigenvalue weighted by Gasteiger charge is -2.18. The Balaban J connectivity index is 1.78. The van der Waals surface area contributed by atoms with Crippen LogP contribution in [0.5, 0.6) is 0 Å². The van der Waals surface area contributed by atoms with Gasteiger partial charge >= 0.3 is 5.97 Å². The average molecular weight is 456 g/mol. The van der Waals surface area contributed by atoms with Crippen molar-refractivity contribution in [3.63, 3.8) is 0 Å². The number of nitrogens with one attached hydrogen (secondary N) is 1. The second-order valence-electron chi connectivity index (χ2n) is 6.04. The van der Waals surface area contributed by atoms with Crippen LogP contribution in [-0.2, 0) is 26.2 Å². The zero-order valence-electron chi connectivity index (χ0n) is 15.4. The first-order chi connectivity index (χ1) is 13.9. The molecular formula is C18H18FN3O4S3. The quantitative estimate of drug-likeness (QED) is 0.495. The molecule has 29 heavy (non-hydrogen) atoms. The second-order valence-corrected chi connectivity index (χ2v) is 9.24. The number of benzene rings is 2. The number of hydrogen-bond acceptors (Lipinski definition) is 8. The summed E-state index contributed by atoms with van der Waals surface area (Å²) in [5, 5.41) is 0. The summed E-state index contributed by atoms with van der Waals surface area (Å²) < 4.78 is 55.2. The lowest BCUT2D eigenvalue weighted by atomic mass is 10.2. The van der Waals surface area contributed by atoms with Gasteiger partial charge in [0, 0.05) is 5.56 Å². The van der Waals surface area contributed by atoms with Crippen molar-refractivity contribution in [1.82, 2.24) is 13.5 Å². The summed E-state index contributed by atoms with van der Waals surface area (Å²) in [7, 11) is -4.05. The summed E-state index contributed by atoms with van der Waals surface area (Å²) in [5.74, 6) is -0.733. The minimum absolute atomic E-state index is 0.0557. The fourth-order valence-corrected chi connectivity index (χ4v) is 5.03. The number of thioether (sulfide) groups is 1. The van der Waals surface area contributed by atoms with E-state index in [1.165, 1.54) is 36.0 Å². The third-order valence-electron chi connectivity index (χ3n) is 4.06. The van der Waals surface area contributed by atoms with Gasteiger partial charge in [-0.05, 0) is 36.6 Å². The van der Waals surface area contributed by atoms with Crippen molar-refractivity contribution in [2.45, 2.75) is 24.0 Å². The SMILES string of the molecule is CSCCC(NS(=O)(=O)c1cccc2nsnc12)C(=O)OCc1ccccc1F. The molecule has 0 radical (unpaired) electrons. The first-order valence-corrected chi connectivity index (χ1v) is 12.2. The minimum Gasteiger partial charge on any atom is -0.460 e. The van der Waals surface area contributed by atoms with Crippen LogP contribution in [0, 0.1) is 5.82 Å². The maximum Gasteiger partial charge on any atom is 0.324 e.